The first-order chi connectivity index (χ1) is 31.8. The lowest BCUT2D eigenvalue weighted by atomic mass is 9.76. The molecule has 4 saturated heterocycles. The highest BCUT2D eigenvalue weighted by molar-refractivity contribution is 5.92. The Morgan fingerprint density at radius 2 is 1.36 bits per heavy atom. The number of ketones is 1. The molecule has 4 fully saturated rings. The zero-order valence-corrected chi connectivity index (χ0v) is 40.4. The summed E-state index contributed by atoms with van der Waals surface area (Å²) in [7, 11) is 3.04. The van der Waals surface area contributed by atoms with E-state index < -0.39 is 127 Å². The number of hydrogen-bond acceptors (Lipinski definition) is 16. The number of nitrogens with zero attached hydrogens (tertiary/aromatic N) is 1. The van der Waals surface area contributed by atoms with Gasteiger partial charge in [-0.25, -0.2) is 9.59 Å². The van der Waals surface area contributed by atoms with E-state index in [0.29, 0.717) is 0 Å². The average Bonchev–Trinajstić information content (AvgIpc) is 4.11. The summed E-state index contributed by atoms with van der Waals surface area (Å²) < 4.78 is 61.6. The highest BCUT2D eigenvalue weighted by Crippen LogP contribution is 2.44. The van der Waals surface area contributed by atoms with Gasteiger partial charge >= 0.3 is 18.2 Å². The fourth-order valence-electron chi connectivity index (χ4n) is 9.70. The first-order valence-electron chi connectivity index (χ1n) is 23.5. The minimum Gasteiger partial charge on any atom is -0.462 e. The van der Waals surface area contributed by atoms with Crippen molar-refractivity contribution in [3.63, 3.8) is 0 Å². The van der Waals surface area contributed by atoms with Crippen LogP contribution in [0.1, 0.15) is 85.8 Å². The van der Waals surface area contributed by atoms with Crippen LogP contribution in [0.25, 0.3) is 0 Å². The van der Waals surface area contributed by atoms with Gasteiger partial charge in [0, 0.05) is 38.3 Å². The Morgan fingerprint density at radius 1 is 0.746 bits per heavy atom. The minimum absolute atomic E-state index is 0.00405. The van der Waals surface area contributed by atoms with Gasteiger partial charge in [-0.2, -0.15) is 0 Å². The molecule has 18 atom stereocenters. The average molecular weight is 942 g/mol. The highest BCUT2D eigenvalue weighted by atomic mass is 16.8. The third kappa shape index (κ3) is 12.7. The number of likely N-dealkylation sites (N-methyl/N-ethyl adjacent to an activating group) is 1. The van der Waals surface area contributed by atoms with Crippen LogP contribution < -0.4 is 0 Å². The number of carbonyl (C=O) groups is 4. The Morgan fingerprint density at radius 3 is 1.96 bits per heavy atom. The number of rotatable bonds is 11. The number of aliphatic hydroxyl groups excluding tert-OH is 2. The van der Waals surface area contributed by atoms with Crippen molar-refractivity contribution in [3.05, 3.63) is 71.8 Å². The predicted octanol–water partition coefficient (Wildman–Crippen LogP) is 5.98. The summed E-state index contributed by atoms with van der Waals surface area (Å²) in [6, 6.07) is 17.4. The Bertz CT molecular complexity index is 1930. The summed E-state index contributed by atoms with van der Waals surface area (Å²) in [4.78, 5) is 57.4. The first kappa shape index (κ1) is 52.2. The Labute approximate surface area is 393 Å². The van der Waals surface area contributed by atoms with Crippen LogP contribution >= 0.6 is 0 Å². The number of ether oxygens (including phenoxy) is 10. The van der Waals surface area contributed by atoms with Crippen LogP contribution in [0.4, 0.5) is 9.59 Å². The number of benzene rings is 2. The van der Waals surface area contributed by atoms with Gasteiger partial charge in [0.2, 0.25) is 0 Å². The van der Waals surface area contributed by atoms with Crippen molar-refractivity contribution in [2.45, 2.75) is 167 Å². The fourth-order valence-corrected chi connectivity index (χ4v) is 9.70. The molecule has 0 aromatic heterocycles. The molecule has 4 heterocycles. The fraction of sp³-hybridized carbons (Fsp3) is 0.680. The SMILES string of the molecule is CO[C@H]1C[C@H](O[C@H]2[C@H](C)[C@@H](O[C@@H]3O[C@H](C)C[C@H](N(C)C(=O)OCc4ccccc4)[C@H]3OC(=O)OCc3ccccc3)[C@@H](C)C[C@]3(CO3)C(=O)[C@H](C)[C@@H](O)[C@@H](C)[C@@H](C)OC(=O)[C@@H]2C)O[C@@H](C)[C@@H]1O. The van der Waals surface area contributed by atoms with Gasteiger partial charge < -0.3 is 62.5 Å². The van der Waals surface area contributed by atoms with Gasteiger partial charge in [-0.15, -0.1) is 0 Å². The lowest BCUT2D eigenvalue weighted by molar-refractivity contribution is -0.299. The van der Waals surface area contributed by atoms with Gasteiger partial charge in [-0.3, -0.25) is 9.59 Å². The van der Waals surface area contributed by atoms with Crippen LogP contribution in [-0.2, 0) is 70.2 Å². The summed E-state index contributed by atoms with van der Waals surface area (Å²) in [5.41, 5.74) is 0.249. The molecule has 0 aliphatic carbocycles. The van der Waals surface area contributed by atoms with Crippen molar-refractivity contribution in [1.29, 1.82) is 0 Å². The highest BCUT2D eigenvalue weighted by Gasteiger charge is 2.57. The number of aliphatic hydroxyl groups is 2. The number of carbonyl (C=O) groups excluding carboxylic acids is 4. The first-order valence-corrected chi connectivity index (χ1v) is 23.5. The zero-order valence-electron chi connectivity index (χ0n) is 40.4. The molecule has 0 bridgehead atoms. The van der Waals surface area contributed by atoms with Crippen molar-refractivity contribution in [3.8, 4) is 0 Å². The van der Waals surface area contributed by atoms with Gasteiger partial charge in [0.1, 0.15) is 25.4 Å². The Balaban J connectivity index is 1.38. The molecular formula is C50H71NO16. The van der Waals surface area contributed by atoms with E-state index in [0.717, 1.165) is 11.1 Å². The van der Waals surface area contributed by atoms with E-state index >= 15 is 0 Å². The molecule has 17 heteroatoms. The van der Waals surface area contributed by atoms with Crippen molar-refractivity contribution < 1.29 is 76.8 Å². The quantitative estimate of drug-likeness (QED) is 0.151. The van der Waals surface area contributed by atoms with Gasteiger partial charge in [0.25, 0.3) is 0 Å². The number of epoxide rings is 1. The lowest BCUT2D eigenvalue weighted by Crippen LogP contribution is -2.60. The molecule has 1 amide bonds. The van der Waals surface area contributed by atoms with Crippen molar-refractivity contribution in [1.82, 2.24) is 4.90 Å². The second-order valence-electron chi connectivity index (χ2n) is 19.1. The number of Topliss-reactive ketones (excluding diaryl/α,β-unsaturated/α-hetero) is 1. The van der Waals surface area contributed by atoms with Crippen LogP contribution in [0, 0.1) is 29.6 Å². The van der Waals surface area contributed by atoms with E-state index in [9.17, 15) is 29.4 Å². The normalized spacial score (nSPS) is 38.5. The molecule has 4 aliphatic rings. The molecule has 2 aromatic carbocycles. The van der Waals surface area contributed by atoms with Gasteiger partial charge in [-0.05, 0) is 57.6 Å². The van der Waals surface area contributed by atoms with Crippen LogP contribution in [0.3, 0.4) is 0 Å². The number of cyclic esters (lactones) is 1. The smallest absolute Gasteiger partial charge is 0.462 e. The predicted molar refractivity (Wildman–Crippen MR) is 240 cm³/mol. The molecule has 6 rings (SSSR count). The maximum atomic E-state index is 14.3. The molecule has 0 radical (unpaired) electrons. The maximum Gasteiger partial charge on any atom is 0.509 e. The van der Waals surface area contributed by atoms with E-state index in [4.69, 9.17) is 47.4 Å². The summed E-state index contributed by atoms with van der Waals surface area (Å²) in [6.45, 7) is 14.0. The van der Waals surface area contributed by atoms with E-state index in [1.54, 1.807) is 53.8 Å². The number of amides is 1. The number of esters is 1. The molecular weight excluding hydrogens is 871 g/mol. The number of methoxy groups -OCH3 is 1. The van der Waals surface area contributed by atoms with E-state index in [2.05, 4.69) is 0 Å². The second kappa shape index (κ2) is 22.9. The van der Waals surface area contributed by atoms with Crippen LogP contribution in [0.15, 0.2) is 60.7 Å². The van der Waals surface area contributed by atoms with Crippen molar-refractivity contribution >= 4 is 24.0 Å². The van der Waals surface area contributed by atoms with Gasteiger partial charge in [0.05, 0.1) is 55.2 Å². The third-order valence-electron chi connectivity index (χ3n) is 14.1. The minimum atomic E-state index is -1.36. The molecule has 67 heavy (non-hydrogen) atoms. The molecule has 372 valence electrons. The molecule has 1 spiro atoms. The Hall–Kier alpha value is -4.20. The number of hydrogen-bond donors (Lipinski definition) is 2. The van der Waals surface area contributed by atoms with Crippen LogP contribution in [-0.4, -0.2) is 139 Å². The maximum absolute atomic E-state index is 14.3. The van der Waals surface area contributed by atoms with Crippen molar-refractivity contribution in [2.75, 3.05) is 20.8 Å². The lowest BCUT2D eigenvalue weighted by Gasteiger charge is -2.46. The molecule has 2 aromatic rings. The van der Waals surface area contributed by atoms with Crippen molar-refractivity contribution in [2.24, 2.45) is 29.6 Å². The van der Waals surface area contributed by atoms with Gasteiger partial charge in [0.15, 0.2) is 30.1 Å². The van der Waals surface area contributed by atoms with Crippen LogP contribution in [0.5, 0.6) is 0 Å². The summed E-state index contributed by atoms with van der Waals surface area (Å²) in [5, 5.41) is 22.3. The van der Waals surface area contributed by atoms with Gasteiger partial charge in [-0.1, -0.05) is 88.4 Å². The van der Waals surface area contributed by atoms with Crippen LogP contribution in [0.2, 0.25) is 0 Å². The second-order valence-corrected chi connectivity index (χ2v) is 19.1. The van der Waals surface area contributed by atoms with E-state index in [1.165, 1.54) is 12.0 Å². The third-order valence-corrected chi connectivity index (χ3v) is 14.1. The van der Waals surface area contributed by atoms with E-state index in [1.807, 2.05) is 69.3 Å². The molecule has 0 unspecified atom stereocenters. The standard InChI is InChI=1S/C50H71NO16/c1-27-23-50(26-61-50)45(54)30(4)40(52)29(3)33(7)64-46(55)32(6)43(65-39-22-38(58-10)41(53)34(8)63-39)31(5)42(27)66-47-44(67-49(57)60-25-36-19-15-12-16-20-36)37(21-28(2)62-47)51(9)48(56)59-24-35-17-13-11-14-18-35/h11-20,27-34,37-44,47,52-53H,21-26H2,1-10H3/t27-,28+,29-,30+,31+,32+,33+,34-,37-,38-,39-,40-,41-,42-,43-,44+,47-,50-/m0/s1. The Kier molecular flexibility index (Phi) is 17.9. The molecule has 17 nitrogen and oxygen atoms in total. The molecule has 4 aliphatic heterocycles. The summed E-state index contributed by atoms with van der Waals surface area (Å²) >= 11 is 0. The summed E-state index contributed by atoms with van der Waals surface area (Å²) in [6.07, 6.45) is -11.5. The van der Waals surface area contributed by atoms with E-state index in [-0.39, 0.29) is 44.9 Å². The molecule has 0 saturated carbocycles. The zero-order chi connectivity index (χ0) is 48.7. The monoisotopic (exact) mass is 941 g/mol. The topological polar surface area (TPSA) is 208 Å². The molecule has 2 N–H and O–H groups in total. The summed E-state index contributed by atoms with van der Waals surface area (Å²) in [5.74, 6) is -4.66. The largest absolute Gasteiger partial charge is 0.509 e.